The van der Waals surface area contributed by atoms with Gasteiger partial charge in [-0.25, -0.2) is 0 Å². The van der Waals surface area contributed by atoms with Crippen molar-refractivity contribution < 1.29 is 90.6 Å². The van der Waals surface area contributed by atoms with Gasteiger partial charge in [0.15, 0.2) is 0 Å². The number of aliphatic hydroxyl groups excluding tert-OH is 1. The molecule has 0 radical (unpaired) electrons. The molecule has 0 unspecified atom stereocenters. The van der Waals surface area contributed by atoms with E-state index in [2.05, 4.69) is 0 Å². The van der Waals surface area contributed by atoms with Crippen molar-refractivity contribution >= 4 is 0 Å². The van der Waals surface area contributed by atoms with Crippen LogP contribution in [0.25, 0.3) is 0 Å². The molecular weight excluding hydrogens is 863 g/mol. The molecular formula is C42H39F13O7. The van der Waals surface area contributed by atoms with E-state index in [0.717, 1.165) is 16.7 Å². The standard InChI is InChI=1S/C42H39F13O7/c43-37(44,38(45,46)39(47,48)40(49,50)41(51,52)42(53,54)55)21-10-22-57-30-17-19-31(20-18-30)61-36-35(60-26-29-15-8-3-9-16-29)34(59-25-28-13-6-2-7-14-28)33(32(23-56)62-36)58-24-27-11-4-1-5-12-27/h1-9,11-20,32-36,56H,10,21-26H2/t32-,33-,34+,35-,36-/m1/s1. The highest BCUT2D eigenvalue weighted by Crippen LogP contribution is 2.60. The molecule has 1 aliphatic heterocycles. The average molecular weight is 903 g/mol. The molecule has 1 N–H and O–H groups in total. The van der Waals surface area contributed by atoms with E-state index in [-0.39, 0.29) is 31.3 Å². The van der Waals surface area contributed by atoms with E-state index in [1.807, 2.05) is 78.9 Å². The molecule has 1 fully saturated rings. The van der Waals surface area contributed by atoms with Gasteiger partial charge < -0.3 is 33.5 Å². The van der Waals surface area contributed by atoms with Crippen LogP contribution in [0, 0.1) is 0 Å². The zero-order chi connectivity index (χ0) is 45.4. The second-order valence-corrected chi connectivity index (χ2v) is 14.1. The lowest BCUT2D eigenvalue weighted by molar-refractivity contribution is -0.440. The van der Waals surface area contributed by atoms with E-state index in [1.54, 1.807) is 12.1 Å². The number of benzene rings is 4. The Hall–Kier alpha value is -4.63. The third-order valence-electron chi connectivity index (χ3n) is 9.61. The fourth-order valence-electron chi connectivity index (χ4n) is 6.18. The summed E-state index contributed by atoms with van der Waals surface area (Å²) >= 11 is 0. The highest BCUT2D eigenvalue weighted by molar-refractivity contribution is 5.31. The van der Waals surface area contributed by atoms with E-state index in [0.29, 0.717) is 0 Å². The Kier molecular flexibility index (Phi) is 15.5. The second-order valence-electron chi connectivity index (χ2n) is 14.1. The van der Waals surface area contributed by atoms with Gasteiger partial charge in [0.25, 0.3) is 0 Å². The number of alkyl halides is 13. The summed E-state index contributed by atoms with van der Waals surface area (Å²) in [7, 11) is 0. The second kappa shape index (κ2) is 19.8. The molecule has 7 nitrogen and oxygen atoms in total. The largest absolute Gasteiger partial charge is 0.494 e. The van der Waals surface area contributed by atoms with Gasteiger partial charge in [0.1, 0.15) is 35.9 Å². The maximum Gasteiger partial charge on any atom is 0.460 e. The zero-order valence-corrected chi connectivity index (χ0v) is 32.1. The number of rotatable bonds is 21. The lowest BCUT2D eigenvalue weighted by atomic mass is 9.92. The summed E-state index contributed by atoms with van der Waals surface area (Å²) in [5, 5.41) is 10.5. The first-order chi connectivity index (χ1) is 29.1. The van der Waals surface area contributed by atoms with Crippen LogP contribution in [0.1, 0.15) is 29.5 Å². The minimum atomic E-state index is -7.96. The SMILES string of the molecule is OC[C@H]1O[C@@H](Oc2ccc(OCCCC(F)(F)C(F)(F)C(F)(F)C(F)(F)C(F)(F)C(F)(F)F)cc2)[C@H](OCc2ccccc2)[C@@H](OCc2ccccc2)[C@@H]1OCc1ccccc1. The molecule has 0 aliphatic carbocycles. The maximum atomic E-state index is 14.2. The molecule has 0 bridgehead atoms. The highest BCUT2D eigenvalue weighted by Gasteiger charge is 2.90. The Balaban J connectivity index is 1.29. The van der Waals surface area contributed by atoms with Crippen molar-refractivity contribution in [1.29, 1.82) is 0 Å². The molecule has 1 saturated heterocycles. The van der Waals surface area contributed by atoms with Crippen LogP contribution in [0.3, 0.4) is 0 Å². The minimum Gasteiger partial charge on any atom is -0.494 e. The van der Waals surface area contributed by atoms with Crippen LogP contribution in [0.2, 0.25) is 0 Å². The number of hydrogen-bond acceptors (Lipinski definition) is 7. The van der Waals surface area contributed by atoms with Gasteiger partial charge in [0.05, 0.1) is 33.0 Å². The predicted octanol–water partition coefficient (Wildman–Crippen LogP) is 10.4. The normalized spacial score (nSPS) is 20.5. The number of ether oxygens (including phenoxy) is 6. The summed E-state index contributed by atoms with van der Waals surface area (Å²) < 4.78 is 212. The molecule has 5 rings (SSSR count). The van der Waals surface area contributed by atoms with Crippen LogP contribution in [-0.2, 0) is 38.8 Å². The zero-order valence-electron chi connectivity index (χ0n) is 32.1. The van der Waals surface area contributed by atoms with Gasteiger partial charge in [0.2, 0.25) is 6.29 Å². The van der Waals surface area contributed by atoms with E-state index >= 15 is 0 Å². The molecule has 1 heterocycles. The molecule has 20 heteroatoms. The summed E-state index contributed by atoms with van der Waals surface area (Å²) in [6.45, 7) is -1.26. The van der Waals surface area contributed by atoms with Gasteiger partial charge in [-0.1, -0.05) is 91.0 Å². The molecule has 4 aromatic rings. The van der Waals surface area contributed by atoms with Crippen molar-refractivity contribution in [2.45, 2.75) is 99.2 Å². The molecule has 0 spiro atoms. The minimum absolute atomic E-state index is 0.0486. The van der Waals surface area contributed by atoms with Crippen molar-refractivity contribution in [3.8, 4) is 11.5 Å². The maximum absolute atomic E-state index is 14.2. The molecule has 0 aromatic heterocycles. The first-order valence-corrected chi connectivity index (χ1v) is 18.7. The van der Waals surface area contributed by atoms with Crippen LogP contribution in [-0.4, -0.2) is 84.8 Å². The lowest BCUT2D eigenvalue weighted by Gasteiger charge is -2.45. The molecule has 0 amide bonds. The topological polar surface area (TPSA) is 75.6 Å². The van der Waals surface area contributed by atoms with Crippen LogP contribution >= 0.6 is 0 Å². The highest BCUT2D eigenvalue weighted by atomic mass is 19.4. The van der Waals surface area contributed by atoms with E-state index < -0.39 is 92.6 Å². The third-order valence-corrected chi connectivity index (χ3v) is 9.61. The fraction of sp³-hybridized carbons (Fsp3) is 0.429. The molecule has 4 aromatic carbocycles. The Morgan fingerprint density at radius 1 is 0.484 bits per heavy atom. The van der Waals surface area contributed by atoms with Crippen LogP contribution in [0.15, 0.2) is 115 Å². The first kappa shape index (κ1) is 48.4. The summed E-state index contributed by atoms with van der Waals surface area (Å²) in [6.07, 6.45) is -16.3. The van der Waals surface area contributed by atoms with Gasteiger partial charge in [-0.15, -0.1) is 0 Å². The number of aliphatic hydroxyl groups is 1. The first-order valence-electron chi connectivity index (χ1n) is 18.7. The summed E-state index contributed by atoms with van der Waals surface area (Å²) in [6, 6.07) is 32.3. The smallest absolute Gasteiger partial charge is 0.460 e. The van der Waals surface area contributed by atoms with E-state index in [9.17, 15) is 62.2 Å². The Bertz CT molecular complexity index is 1960. The number of hydrogen-bond donors (Lipinski definition) is 1. The van der Waals surface area contributed by atoms with Crippen molar-refractivity contribution in [3.05, 3.63) is 132 Å². The third kappa shape index (κ3) is 10.8. The molecule has 0 saturated carbocycles. The summed E-state index contributed by atoms with van der Waals surface area (Å²) in [5.41, 5.74) is 2.40. The Morgan fingerprint density at radius 3 is 1.35 bits per heavy atom. The summed E-state index contributed by atoms with van der Waals surface area (Å²) in [5.74, 6) is -37.3. The van der Waals surface area contributed by atoms with Gasteiger partial charge in [-0.05, 0) is 47.4 Å². The average Bonchev–Trinajstić information content (AvgIpc) is 3.24. The van der Waals surface area contributed by atoms with E-state index in [1.165, 1.54) is 24.3 Å². The fourth-order valence-corrected chi connectivity index (χ4v) is 6.18. The summed E-state index contributed by atoms with van der Waals surface area (Å²) in [4.78, 5) is 0. The van der Waals surface area contributed by atoms with Crippen LogP contribution in [0.5, 0.6) is 11.5 Å². The monoisotopic (exact) mass is 902 g/mol. The molecule has 5 atom stereocenters. The predicted molar refractivity (Wildman–Crippen MR) is 193 cm³/mol. The van der Waals surface area contributed by atoms with Gasteiger partial charge in [-0.3, -0.25) is 0 Å². The molecule has 62 heavy (non-hydrogen) atoms. The van der Waals surface area contributed by atoms with Crippen molar-refractivity contribution in [2.24, 2.45) is 0 Å². The van der Waals surface area contributed by atoms with Crippen molar-refractivity contribution in [2.75, 3.05) is 13.2 Å². The van der Waals surface area contributed by atoms with Gasteiger partial charge in [0, 0.05) is 6.42 Å². The van der Waals surface area contributed by atoms with Gasteiger partial charge in [-0.2, -0.15) is 57.1 Å². The Morgan fingerprint density at radius 2 is 0.903 bits per heavy atom. The van der Waals surface area contributed by atoms with Gasteiger partial charge >= 0.3 is 35.8 Å². The Labute approximate surface area is 346 Å². The van der Waals surface area contributed by atoms with Crippen LogP contribution in [0.4, 0.5) is 57.1 Å². The quantitative estimate of drug-likeness (QED) is 0.0659. The van der Waals surface area contributed by atoms with E-state index in [4.69, 9.17) is 28.4 Å². The number of halogens is 13. The lowest BCUT2D eigenvalue weighted by Crippen LogP contribution is -2.70. The molecule has 340 valence electrons. The van der Waals surface area contributed by atoms with Crippen molar-refractivity contribution in [1.82, 2.24) is 0 Å². The molecule has 1 aliphatic rings. The van der Waals surface area contributed by atoms with Crippen molar-refractivity contribution in [3.63, 3.8) is 0 Å². The van der Waals surface area contributed by atoms with Crippen LogP contribution < -0.4 is 9.47 Å².